The van der Waals surface area contributed by atoms with Crippen LogP contribution in [0.25, 0.3) is 16.6 Å². The summed E-state index contributed by atoms with van der Waals surface area (Å²) < 4.78 is 0. The van der Waals surface area contributed by atoms with Crippen LogP contribution in [0, 0.1) is 0 Å². The molecular weight excluding hydrogens is 288 g/mol. The number of hydrogen-bond acceptors (Lipinski definition) is 5. The van der Waals surface area contributed by atoms with E-state index in [9.17, 15) is 0 Å². The van der Waals surface area contributed by atoms with E-state index in [1.54, 1.807) is 12.3 Å². The first-order valence-electron chi connectivity index (χ1n) is 4.50. The zero-order chi connectivity index (χ0) is 12.8. The molecule has 0 fully saturated rings. The molecule has 0 spiro atoms. The molecule has 1 radical (unpaired) electrons. The van der Waals surface area contributed by atoms with Gasteiger partial charge in [-0.1, -0.05) is 24.3 Å². The van der Waals surface area contributed by atoms with Crippen LogP contribution in [0.15, 0.2) is 36.5 Å². The standard InChI is InChI=1S/C9H7N2.C2H2O4.Cu/c10-8-5-1-3-7-4-2-6-11-9(7)8;3-1(4)2(5)6;/h1-6,10H;(H,3,4)(H,5,6);/q-1;;+2/p-2. The Labute approximate surface area is 113 Å². The monoisotopic (exact) mass is 294 g/mol. The molecule has 97 valence electrons. The van der Waals surface area contributed by atoms with Gasteiger partial charge in [-0.25, -0.2) is 0 Å². The molecule has 0 unspecified atom stereocenters. The summed E-state index contributed by atoms with van der Waals surface area (Å²) in [4.78, 5) is 21.9. The minimum Gasteiger partial charge on any atom is -0.697 e. The second-order valence-corrected chi connectivity index (χ2v) is 2.96. The average molecular weight is 295 g/mol. The number of aliphatic carboxylic acids is 2. The molecule has 0 saturated carbocycles. The van der Waals surface area contributed by atoms with Crippen molar-refractivity contribution in [1.29, 1.82) is 0 Å². The fraction of sp³-hybridized carbons (Fsp3) is 0. The molecule has 7 heteroatoms. The van der Waals surface area contributed by atoms with Crippen molar-refractivity contribution in [2.24, 2.45) is 0 Å². The molecule has 1 heterocycles. The number of nitrogens with zero attached hydrogens (tertiary/aromatic N) is 1. The van der Waals surface area contributed by atoms with Gasteiger partial charge in [-0.2, -0.15) is 0 Å². The van der Waals surface area contributed by atoms with Gasteiger partial charge >= 0.3 is 17.1 Å². The molecule has 0 bridgehead atoms. The summed E-state index contributed by atoms with van der Waals surface area (Å²) >= 11 is 0. The van der Waals surface area contributed by atoms with Gasteiger partial charge in [0.15, 0.2) is 0 Å². The molecule has 0 aliphatic carbocycles. The first-order chi connectivity index (χ1) is 8.02. The first-order valence-corrected chi connectivity index (χ1v) is 4.50. The van der Waals surface area contributed by atoms with Gasteiger partial charge in [0.05, 0.1) is 17.5 Å². The second-order valence-electron chi connectivity index (χ2n) is 2.96. The molecule has 0 atom stereocenters. The molecule has 6 nitrogen and oxygen atoms in total. The summed E-state index contributed by atoms with van der Waals surface area (Å²) in [6.45, 7) is 0. The van der Waals surface area contributed by atoms with Gasteiger partial charge in [-0.15, -0.1) is 5.69 Å². The van der Waals surface area contributed by atoms with Crippen molar-refractivity contribution in [2.45, 2.75) is 0 Å². The van der Waals surface area contributed by atoms with Crippen molar-refractivity contribution in [1.82, 2.24) is 4.98 Å². The Morgan fingerprint density at radius 2 is 1.61 bits per heavy atom. The SMILES string of the molecule is O=C([O-])C(=O)[O-].[Cu+2].[NH-]c1cccc2cccnc12. The molecular formula is C11H7CuN2O4-. The molecule has 0 saturated heterocycles. The number of fused-ring (bicyclic) bond motifs is 1. The number of para-hydroxylation sites is 1. The molecule has 0 aliphatic heterocycles. The molecule has 0 aliphatic rings. The normalized spacial score (nSPS) is 8.67. The van der Waals surface area contributed by atoms with Crippen LogP contribution in [0.4, 0.5) is 5.69 Å². The topological polar surface area (TPSA) is 117 Å². The van der Waals surface area contributed by atoms with Crippen LogP contribution in [0.1, 0.15) is 0 Å². The Bertz CT molecular complexity index is 542. The van der Waals surface area contributed by atoms with Crippen molar-refractivity contribution in [3.8, 4) is 0 Å². The van der Waals surface area contributed by atoms with Crippen LogP contribution in [-0.4, -0.2) is 16.9 Å². The van der Waals surface area contributed by atoms with Gasteiger partial charge in [0.25, 0.3) is 0 Å². The van der Waals surface area contributed by atoms with Crippen LogP contribution in [0.5, 0.6) is 0 Å². The molecule has 0 amide bonds. The number of benzene rings is 1. The summed E-state index contributed by atoms with van der Waals surface area (Å²) in [6.07, 6.45) is 1.71. The number of carbonyl (C=O) groups excluding carboxylic acids is 2. The van der Waals surface area contributed by atoms with Gasteiger partial charge in [-0.05, 0) is 11.5 Å². The second kappa shape index (κ2) is 7.26. The van der Waals surface area contributed by atoms with Crippen LogP contribution in [0.2, 0.25) is 0 Å². The summed E-state index contributed by atoms with van der Waals surface area (Å²) in [5.74, 6) is -4.37. The van der Waals surface area contributed by atoms with Crippen molar-refractivity contribution in [3.63, 3.8) is 0 Å². The smallest absolute Gasteiger partial charge is 0.697 e. The number of nitrogens with one attached hydrogen (secondary N) is 1. The quantitative estimate of drug-likeness (QED) is 0.475. The maximum absolute atomic E-state index is 8.93. The maximum Gasteiger partial charge on any atom is 2.00 e. The predicted molar refractivity (Wildman–Crippen MR) is 55.7 cm³/mol. The molecule has 1 aromatic heterocycles. The van der Waals surface area contributed by atoms with Crippen molar-refractivity contribution < 1.29 is 36.9 Å². The number of carbonyl (C=O) groups is 2. The van der Waals surface area contributed by atoms with Gasteiger partial charge in [-0.3, -0.25) is 4.98 Å². The number of aromatic nitrogens is 1. The average Bonchev–Trinajstić information content (AvgIpc) is 2.30. The number of carboxylic acids is 2. The zero-order valence-corrected chi connectivity index (χ0v) is 9.79. The third kappa shape index (κ3) is 4.40. The maximum atomic E-state index is 8.93. The predicted octanol–water partition coefficient (Wildman–Crippen LogP) is -0.598. The number of carboxylic acid groups (broad SMARTS) is 2. The number of pyridine rings is 1. The fourth-order valence-electron chi connectivity index (χ4n) is 1.10. The molecule has 18 heavy (non-hydrogen) atoms. The summed E-state index contributed by atoms with van der Waals surface area (Å²) in [7, 11) is 0. The van der Waals surface area contributed by atoms with Gasteiger partial charge in [0.2, 0.25) is 0 Å². The van der Waals surface area contributed by atoms with E-state index in [-0.39, 0.29) is 17.1 Å². The van der Waals surface area contributed by atoms with E-state index in [2.05, 4.69) is 4.98 Å². The Hall–Kier alpha value is -2.11. The van der Waals surface area contributed by atoms with E-state index in [0.717, 1.165) is 10.9 Å². The Morgan fingerprint density at radius 1 is 1.06 bits per heavy atom. The minimum atomic E-state index is -2.19. The summed E-state index contributed by atoms with van der Waals surface area (Å²) in [5, 5.41) is 18.9. The van der Waals surface area contributed by atoms with Crippen LogP contribution in [0.3, 0.4) is 0 Å². The first kappa shape index (κ1) is 15.9. The van der Waals surface area contributed by atoms with Gasteiger partial charge < -0.3 is 25.5 Å². The summed E-state index contributed by atoms with van der Waals surface area (Å²) in [5.41, 5.74) is 8.76. The van der Waals surface area contributed by atoms with E-state index >= 15 is 0 Å². The van der Waals surface area contributed by atoms with Gasteiger partial charge in [0, 0.05) is 6.20 Å². The Morgan fingerprint density at radius 3 is 2.11 bits per heavy atom. The molecule has 2 rings (SSSR count). The van der Waals surface area contributed by atoms with E-state index in [1.807, 2.05) is 24.3 Å². The van der Waals surface area contributed by atoms with Crippen molar-refractivity contribution in [3.05, 3.63) is 42.3 Å². The number of rotatable bonds is 0. The molecule has 1 aromatic carbocycles. The molecule has 2 aromatic rings. The van der Waals surface area contributed by atoms with Gasteiger partial charge in [0.1, 0.15) is 0 Å². The van der Waals surface area contributed by atoms with Crippen LogP contribution in [-0.2, 0) is 26.7 Å². The van der Waals surface area contributed by atoms with Crippen molar-refractivity contribution in [2.75, 3.05) is 0 Å². The summed E-state index contributed by atoms with van der Waals surface area (Å²) in [6, 6.07) is 9.41. The zero-order valence-electron chi connectivity index (χ0n) is 8.85. The van der Waals surface area contributed by atoms with Crippen LogP contribution >= 0.6 is 0 Å². The fourth-order valence-corrected chi connectivity index (χ4v) is 1.10. The van der Waals surface area contributed by atoms with E-state index in [0.29, 0.717) is 5.69 Å². The minimum absolute atomic E-state index is 0. The Balaban J connectivity index is 0.000000362. The largest absolute Gasteiger partial charge is 2.00 e. The third-order valence-corrected chi connectivity index (χ3v) is 1.80. The number of hydrogen-bond donors (Lipinski definition) is 0. The Kier molecular flexibility index (Phi) is 6.41. The van der Waals surface area contributed by atoms with E-state index in [1.165, 1.54) is 0 Å². The van der Waals surface area contributed by atoms with E-state index < -0.39 is 11.9 Å². The van der Waals surface area contributed by atoms with E-state index in [4.69, 9.17) is 25.5 Å². The van der Waals surface area contributed by atoms with Crippen molar-refractivity contribution >= 4 is 28.5 Å². The molecule has 1 N–H and O–H groups in total. The van der Waals surface area contributed by atoms with Crippen LogP contribution < -0.4 is 10.2 Å². The third-order valence-electron chi connectivity index (χ3n) is 1.80.